The van der Waals surface area contributed by atoms with Gasteiger partial charge < -0.3 is 24.9 Å². The first-order chi connectivity index (χ1) is 13.3. The molecule has 3 rings (SSSR count). The maximum atomic E-state index is 4.49. The smallest absolute Gasteiger partial charge is 0.193 e. The summed E-state index contributed by atoms with van der Waals surface area (Å²) in [6.07, 6.45) is 4.31. The van der Waals surface area contributed by atoms with Crippen LogP contribution in [0.5, 0.6) is 0 Å². The molecule has 2 fully saturated rings. The van der Waals surface area contributed by atoms with Crippen molar-refractivity contribution < 1.29 is 0 Å². The number of nitrogens with zero attached hydrogens (tertiary/aromatic N) is 6. The lowest BCUT2D eigenvalue weighted by Gasteiger charge is -2.37. The topological polar surface area (TPSA) is 50.2 Å². The Balaban J connectivity index is 1.31. The first-order valence-corrected chi connectivity index (χ1v) is 10.3. The van der Waals surface area contributed by atoms with Crippen LogP contribution in [0.2, 0.25) is 0 Å². The molecule has 3 heterocycles. The van der Waals surface area contributed by atoms with Crippen molar-refractivity contribution >= 4 is 11.8 Å². The van der Waals surface area contributed by atoms with Gasteiger partial charge in [-0.3, -0.25) is 4.99 Å². The summed E-state index contributed by atoms with van der Waals surface area (Å²) in [6.45, 7) is 11.0. The number of nitrogens with one attached hydrogen (secondary N) is 1. The van der Waals surface area contributed by atoms with E-state index in [0.717, 1.165) is 44.5 Å². The molecular weight excluding hydrogens is 338 g/mol. The van der Waals surface area contributed by atoms with Crippen LogP contribution in [0.15, 0.2) is 29.4 Å². The second-order valence-corrected chi connectivity index (χ2v) is 7.49. The average Bonchev–Trinajstić information content (AvgIpc) is 2.73. The predicted molar refractivity (Wildman–Crippen MR) is 113 cm³/mol. The van der Waals surface area contributed by atoms with Gasteiger partial charge in [0.05, 0.1) is 0 Å². The number of guanidine groups is 1. The molecule has 1 aromatic heterocycles. The number of pyridine rings is 1. The number of hydrogen-bond acceptors (Lipinski definition) is 5. The lowest BCUT2D eigenvalue weighted by Crippen LogP contribution is -2.52. The molecule has 1 N–H and O–H groups in total. The Morgan fingerprint density at radius 2 is 1.81 bits per heavy atom. The van der Waals surface area contributed by atoms with E-state index >= 15 is 0 Å². The van der Waals surface area contributed by atoms with Crippen molar-refractivity contribution in [1.29, 1.82) is 0 Å². The molecule has 0 unspecified atom stereocenters. The van der Waals surface area contributed by atoms with Gasteiger partial charge in [-0.25, -0.2) is 4.98 Å². The normalized spacial score (nSPS) is 20.1. The summed E-state index contributed by atoms with van der Waals surface area (Å²) in [4.78, 5) is 18.7. The number of hydrogen-bond donors (Lipinski definition) is 1. The molecule has 0 aromatic carbocycles. The number of likely N-dealkylation sites (N-methyl/N-ethyl adjacent to an activating group) is 1. The van der Waals surface area contributed by atoms with Crippen LogP contribution in [0, 0.1) is 0 Å². The predicted octanol–water partition coefficient (Wildman–Crippen LogP) is 0.807. The summed E-state index contributed by atoms with van der Waals surface area (Å²) < 4.78 is 0. The van der Waals surface area contributed by atoms with E-state index in [9.17, 15) is 0 Å². The molecular formula is C20H35N7. The highest BCUT2D eigenvalue weighted by atomic mass is 15.4. The van der Waals surface area contributed by atoms with Gasteiger partial charge in [0.15, 0.2) is 5.96 Å². The van der Waals surface area contributed by atoms with Crippen LogP contribution < -0.4 is 10.2 Å². The maximum absolute atomic E-state index is 4.49. The molecule has 2 aliphatic heterocycles. The Morgan fingerprint density at radius 3 is 2.48 bits per heavy atom. The number of unbranched alkanes of at least 4 members (excludes halogenated alkanes) is 1. The third-order valence-electron chi connectivity index (χ3n) is 5.54. The molecule has 0 spiro atoms. The van der Waals surface area contributed by atoms with Gasteiger partial charge in [0.2, 0.25) is 0 Å². The highest BCUT2D eigenvalue weighted by molar-refractivity contribution is 5.80. The van der Waals surface area contributed by atoms with Gasteiger partial charge in [-0.1, -0.05) is 6.07 Å². The zero-order chi connectivity index (χ0) is 18.9. The van der Waals surface area contributed by atoms with Gasteiger partial charge in [-0.2, -0.15) is 0 Å². The second-order valence-electron chi connectivity index (χ2n) is 7.49. The highest BCUT2D eigenvalue weighted by Crippen LogP contribution is 2.12. The monoisotopic (exact) mass is 373 g/mol. The number of rotatable bonds is 6. The Hall–Kier alpha value is -1.86. The first kappa shape index (κ1) is 19.9. The SMILES string of the molecule is CN=C(NCCCCN1CCN(C)CC1)N1CCN(c2ccccn2)CC1. The molecule has 7 heteroatoms. The minimum atomic E-state index is 0.984. The number of piperazine rings is 2. The third kappa shape index (κ3) is 6.07. The molecule has 0 bridgehead atoms. The maximum Gasteiger partial charge on any atom is 0.193 e. The Morgan fingerprint density at radius 1 is 1.04 bits per heavy atom. The van der Waals surface area contributed by atoms with Crippen molar-refractivity contribution in [3.63, 3.8) is 0 Å². The van der Waals surface area contributed by atoms with Crippen LogP contribution in [-0.4, -0.2) is 105 Å². The van der Waals surface area contributed by atoms with Gasteiger partial charge in [0, 0.05) is 72.1 Å². The van der Waals surface area contributed by atoms with E-state index in [2.05, 4.69) is 54.1 Å². The van der Waals surface area contributed by atoms with Crippen LogP contribution in [0.25, 0.3) is 0 Å². The van der Waals surface area contributed by atoms with Gasteiger partial charge in [-0.15, -0.1) is 0 Å². The summed E-state index contributed by atoms with van der Waals surface area (Å²) >= 11 is 0. The van der Waals surface area contributed by atoms with Gasteiger partial charge in [0.1, 0.15) is 5.82 Å². The molecule has 0 radical (unpaired) electrons. The molecule has 0 aliphatic carbocycles. The largest absolute Gasteiger partial charge is 0.356 e. The van der Waals surface area contributed by atoms with E-state index in [1.54, 1.807) is 0 Å². The third-order valence-corrected chi connectivity index (χ3v) is 5.54. The molecule has 7 nitrogen and oxygen atoms in total. The van der Waals surface area contributed by atoms with Crippen LogP contribution >= 0.6 is 0 Å². The minimum absolute atomic E-state index is 0.984. The fraction of sp³-hybridized carbons (Fsp3) is 0.700. The average molecular weight is 374 g/mol. The number of aliphatic imine (C=N–C) groups is 1. The van der Waals surface area contributed by atoms with Gasteiger partial charge in [-0.05, 0) is 38.6 Å². The molecule has 1 aromatic rings. The van der Waals surface area contributed by atoms with Crippen molar-refractivity contribution in [3.8, 4) is 0 Å². The Bertz CT molecular complexity index is 561. The first-order valence-electron chi connectivity index (χ1n) is 10.3. The van der Waals surface area contributed by atoms with Crippen LogP contribution in [-0.2, 0) is 0 Å². The van der Waals surface area contributed by atoms with E-state index in [1.807, 2.05) is 19.3 Å². The second kappa shape index (κ2) is 10.5. The van der Waals surface area contributed by atoms with Crippen LogP contribution in [0.1, 0.15) is 12.8 Å². The molecule has 0 amide bonds. The fourth-order valence-corrected chi connectivity index (χ4v) is 3.75. The van der Waals surface area contributed by atoms with Crippen molar-refractivity contribution in [1.82, 2.24) is 25.0 Å². The standard InChI is InChI=1S/C20H35N7/c1-21-20(23-9-5-6-10-25-13-11-24(2)12-14-25)27-17-15-26(16-18-27)19-7-3-4-8-22-19/h3-4,7-8H,5-6,9-18H2,1-2H3,(H,21,23). The van der Waals surface area contributed by atoms with E-state index in [-0.39, 0.29) is 0 Å². The van der Waals surface area contributed by atoms with Crippen molar-refractivity contribution in [2.24, 2.45) is 4.99 Å². The van der Waals surface area contributed by atoms with Crippen molar-refractivity contribution in [2.75, 3.05) is 84.4 Å². The van der Waals surface area contributed by atoms with Crippen LogP contribution in [0.3, 0.4) is 0 Å². The van der Waals surface area contributed by atoms with Gasteiger partial charge in [0.25, 0.3) is 0 Å². The molecule has 2 aliphatic rings. The Labute approximate surface area is 164 Å². The molecule has 0 atom stereocenters. The lowest BCUT2D eigenvalue weighted by atomic mass is 10.2. The van der Waals surface area contributed by atoms with E-state index < -0.39 is 0 Å². The fourth-order valence-electron chi connectivity index (χ4n) is 3.75. The molecule has 150 valence electrons. The quantitative estimate of drug-likeness (QED) is 0.452. The number of anilines is 1. The summed E-state index contributed by atoms with van der Waals surface area (Å²) in [5, 5.41) is 3.55. The van der Waals surface area contributed by atoms with E-state index in [0.29, 0.717) is 0 Å². The molecule has 2 saturated heterocycles. The summed E-state index contributed by atoms with van der Waals surface area (Å²) in [6, 6.07) is 6.11. The van der Waals surface area contributed by atoms with Crippen LogP contribution in [0.4, 0.5) is 5.82 Å². The van der Waals surface area contributed by atoms with Gasteiger partial charge >= 0.3 is 0 Å². The summed E-state index contributed by atoms with van der Waals surface area (Å²) in [5.41, 5.74) is 0. The molecule has 27 heavy (non-hydrogen) atoms. The molecule has 0 saturated carbocycles. The lowest BCUT2D eigenvalue weighted by molar-refractivity contribution is 0.152. The highest BCUT2D eigenvalue weighted by Gasteiger charge is 2.20. The Kier molecular flexibility index (Phi) is 7.71. The zero-order valence-electron chi connectivity index (χ0n) is 17.0. The number of aromatic nitrogens is 1. The van der Waals surface area contributed by atoms with Crippen molar-refractivity contribution in [3.05, 3.63) is 24.4 Å². The van der Waals surface area contributed by atoms with E-state index in [4.69, 9.17) is 0 Å². The summed E-state index contributed by atoms with van der Waals surface area (Å²) in [7, 11) is 4.10. The summed E-state index contributed by atoms with van der Waals surface area (Å²) in [5.74, 6) is 2.11. The minimum Gasteiger partial charge on any atom is -0.356 e. The van der Waals surface area contributed by atoms with Crippen molar-refractivity contribution in [2.45, 2.75) is 12.8 Å². The zero-order valence-corrected chi connectivity index (χ0v) is 17.0. The van der Waals surface area contributed by atoms with E-state index in [1.165, 1.54) is 45.6 Å².